The van der Waals surface area contributed by atoms with Crippen molar-refractivity contribution in [2.45, 2.75) is 31.3 Å². The van der Waals surface area contributed by atoms with Crippen molar-refractivity contribution in [3.05, 3.63) is 65.5 Å². The Bertz CT molecular complexity index is 765. The first kappa shape index (κ1) is 18.5. The van der Waals surface area contributed by atoms with Gasteiger partial charge in [-0.05, 0) is 54.4 Å². The summed E-state index contributed by atoms with van der Waals surface area (Å²) in [6.45, 7) is 3.14. The zero-order chi connectivity index (χ0) is 18.9. The van der Waals surface area contributed by atoms with Gasteiger partial charge in [0.15, 0.2) is 11.6 Å². The highest BCUT2D eigenvalue weighted by molar-refractivity contribution is 5.28. The van der Waals surface area contributed by atoms with Gasteiger partial charge in [0.2, 0.25) is 0 Å². The zero-order valence-electron chi connectivity index (χ0n) is 15.9. The molecule has 2 aromatic rings. The third-order valence-electron chi connectivity index (χ3n) is 6.45. The minimum absolute atomic E-state index is 0.0249. The van der Waals surface area contributed by atoms with E-state index >= 15 is 0 Å². The highest BCUT2D eigenvalue weighted by Gasteiger charge is 2.49. The number of rotatable bonds is 6. The summed E-state index contributed by atoms with van der Waals surface area (Å²) in [5.74, 6) is 0.566. The van der Waals surface area contributed by atoms with Crippen molar-refractivity contribution in [2.24, 2.45) is 11.8 Å². The lowest BCUT2D eigenvalue weighted by Gasteiger charge is -2.30. The lowest BCUT2D eigenvalue weighted by Crippen LogP contribution is -2.34. The van der Waals surface area contributed by atoms with E-state index in [2.05, 4.69) is 35.2 Å². The number of methoxy groups -OCH3 is 1. The molecule has 2 fully saturated rings. The number of halogens is 1. The van der Waals surface area contributed by atoms with Gasteiger partial charge in [-0.1, -0.05) is 36.4 Å². The van der Waals surface area contributed by atoms with Crippen LogP contribution in [0.1, 0.15) is 24.0 Å². The average Bonchev–Trinajstić information content (AvgIpc) is 3.19. The van der Waals surface area contributed by atoms with Gasteiger partial charge in [0.05, 0.1) is 5.60 Å². The Balaban J connectivity index is 1.32. The van der Waals surface area contributed by atoms with E-state index in [9.17, 15) is 9.50 Å². The van der Waals surface area contributed by atoms with E-state index in [0.29, 0.717) is 11.8 Å². The fraction of sp³-hybridized carbons (Fsp3) is 0.478. The van der Waals surface area contributed by atoms with Crippen LogP contribution in [0, 0.1) is 17.7 Å². The van der Waals surface area contributed by atoms with Crippen molar-refractivity contribution >= 4 is 0 Å². The second kappa shape index (κ2) is 7.61. The van der Waals surface area contributed by atoms with Crippen LogP contribution in [0.15, 0.2) is 48.5 Å². The molecule has 4 heteroatoms. The molecule has 1 N–H and O–H groups in total. The molecule has 1 unspecified atom stereocenters. The van der Waals surface area contributed by atoms with Crippen molar-refractivity contribution in [3.8, 4) is 5.75 Å². The van der Waals surface area contributed by atoms with Crippen LogP contribution in [-0.4, -0.2) is 42.4 Å². The molecule has 0 bridgehead atoms. The molecule has 3 nitrogen and oxygen atoms in total. The highest BCUT2D eigenvalue weighted by Crippen LogP contribution is 2.47. The molecule has 27 heavy (non-hydrogen) atoms. The number of phenolic OH excluding ortho intramolecular Hbond substituents is 1. The minimum Gasteiger partial charge on any atom is -0.505 e. The summed E-state index contributed by atoms with van der Waals surface area (Å²) >= 11 is 0. The number of ether oxygens (including phenoxy) is 1. The van der Waals surface area contributed by atoms with Crippen LogP contribution < -0.4 is 0 Å². The molecule has 1 heterocycles. The Morgan fingerprint density at radius 3 is 2.41 bits per heavy atom. The molecule has 1 saturated carbocycles. The van der Waals surface area contributed by atoms with Crippen LogP contribution in [0.25, 0.3) is 0 Å². The van der Waals surface area contributed by atoms with Gasteiger partial charge in [-0.15, -0.1) is 0 Å². The Kier molecular flexibility index (Phi) is 5.20. The largest absolute Gasteiger partial charge is 0.505 e. The van der Waals surface area contributed by atoms with Crippen molar-refractivity contribution < 1.29 is 14.2 Å². The molecule has 0 aromatic heterocycles. The summed E-state index contributed by atoms with van der Waals surface area (Å²) in [5.41, 5.74) is 2.27. The van der Waals surface area contributed by atoms with Gasteiger partial charge in [-0.3, -0.25) is 0 Å². The molecule has 1 aliphatic heterocycles. The van der Waals surface area contributed by atoms with E-state index < -0.39 is 5.82 Å². The van der Waals surface area contributed by atoms with E-state index in [1.165, 1.54) is 17.7 Å². The normalized spacial score (nSPS) is 27.8. The number of fused-ring (bicyclic) bond motifs is 1. The number of phenols is 1. The summed E-state index contributed by atoms with van der Waals surface area (Å²) in [6.07, 6.45) is 4.04. The summed E-state index contributed by atoms with van der Waals surface area (Å²) in [6, 6.07) is 15.3. The third-order valence-corrected chi connectivity index (χ3v) is 6.45. The van der Waals surface area contributed by atoms with E-state index in [-0.39, 0.29) is 11.4 Å². The summed E-state index contributed by atoms with van der Waals surface area (Å²) < 4.78 is 19.5. The van der Waals surface area contributed by atoms with Crippen molar-refractivity contribution in [1.82, 2.24) is 4.90 Å². The number of likely N-dealkylation sites (tertiary alicyclic amines) is 1. The Morgan fingerprint density at radius 2 is 1.78 bits per heavy atom. The van der Waals surface area contributed by atoms with Crippen LogP contribution in [0.2, 0.25) is 0 Å². The third kappa shape index (κ3) is 4.02. The molecule has 0 radical (unpaired) electrons. The number of nitrogens with zero attached hydrogens (tertiary/aromatic N) is 1. The second-order valence-electron chi connectivity index (χ2n) is 8.27. The molecule has 0 amide bonds. The average molecular weight is 369 g/mol. The number of hydrogen-bond donors (Lipinski definition) is 1. The molecule has 4 rings (SSSR count). The lowest BCUT2D eigenvalue weighted by molar-refractivity contribution is -0.0130. The van der Waals surface area contributed by atoms with Crippen LogP contribution in [-0.2, 0) is 17.6 Å². The summed E-state index contributed by atoms with van der Waals surface area (Å²) in [7, 11) is 1.86. The number of aromatic hydroxyl groups is 1. The fourth-order valence-electron chi connectivity index (χ4n) is 5.06. The van der Waals surface area contributed by atoms with Crippen LogP contribution >= 0.6 is 0 Å². The molecule has 0 spiro atoms. The van der Waals surface area contributed by atoms with E-state index in [1.54, 1.807) is 0 Å². The Morgan fingerprint density at radius 1 is 1.07 bits per heavy atom. The molecular weight excluding hydrogens is 341 g/mol. The first-order valence-corrected chi connectivity index (χ1v) is 9.86. The van der Waals surface area contributed by atoms with E-state index in [4.69, 9.17) is 4.74 Å². The smallest absolute Gasteiger partial charge is 0.165 e. The molecule has 1 saturated heterocycles. The first-order valence-electron chi connectivity index (χ1n) is 9.86. The van der Waals surface area contributed by atoms with Crippen LogP contribution in [0.3, 0.4) is 0 Å². The molecule has 1 aliphatic carbocycles. The number of hydrogen-bond acceptors (Lipinski definition) is 3. The van der Waals surface area contributed by atoms with Gasteiger partial charge in [0, 0.05) is 33.2 Å². The van der Waals surface area contributed by atoms with Crippen LogP contribution in [0.5, 0.6) is 5.75 Å². The van der Waals surface area contributed by atoms with Gasteiger partial charge in [0.1, 0.15) is 0 Å². The molecule has 2 aromatic carbocycles. The molecule has 3 atom stereocenters. The van der Waals surface area contributed by atoms with Gasteiger partial charge in [-0.25, -0.2) is 4.39 Å². The fourth-order valence-corrected chi connectivity index (χ4v) is 5.06. The van der Waals surface area contributed by atoms with Crippen LogP contribution in [0.4, 0.5) is 4.39 Å². The minimum atomic E-state index is -0.531. The highest BCUT2D eigenvalue weighted by atomic mass is 19.1. The Labute approximate surface area is 160 Å². The maximum atomic E-state index is 13.5. The van der Waals surface area contributed by atoms with Gasteiger partial charge < -0.3 is 14.7 Å². The lowest BCUT2D eigenvalue weighted by atomic mass is 9.91. The van der Waals surface area contributed by atoms with Gasteiger partial charge >= 0.3 is 0 Å². The number of benzene rings is 2. The predicted octanol–water partition coefficient (Wildman–Crippen LogP) is 4.04. The summed E-state index contributed by atoms with van der Waals surface area (Å²) in [4.78, 5) is 2.50. The summed E-state index contributed by atoms with van der Waals surface area (Å²) in [5, 5.41) is 9.31. The topological polar surface area (TPSA) is 32.7 Å². The van der Waals surface area contributed by atoms with Crippen molar-refractivity contribution in [3.63, 3.8) is 0 Å². The SMILES string of the molecule is CO[C@@]1(Cc2ccccc2)CC2CN(CCc3ccc(O)c(F)c3)C[C@H]2C1. The van der Waals surface area contributed by atoms with Gasteiger partial charge in [-0.2, -0.15) is 0 Å². The molecular formula is C23H28FNO2. The van der Waals surface area contributed by atoms with Crippen molar-refractivity contribution in [2.75, 3.05) is 26.7 Å². The van der Waals surface area contributed by atoms with E-state index in [1.807, 2.05) is 13.2 Å². The maximum Gasteiger partial charge on any atom is 0.165 e. The first-order chi connectivity index (χ1) is 13.1. The van der Waals surface area contributed by atoms with E-state index in [0.717, 1.165) is 50.9 Å². The maximum absolute atomic E-state index is 13.5. The second-order valence-corrected chi connectivity index (χ2v) is 8.27. The Hall–Kier alpha value is -1.91. The molecule has 2 aliphatic rings. The predicted molar refractivity (Wildman–Crippen MR) is 104 cm³/mol. The quantitative estimate of drug-likeness (QED) is 0.834. The van der Waals surface area contributed by atoms with Gasteiger partial charge in [0.25, 0.3) is 0 Å². The molecule has 144 valence electrons. The monoisotopic (exact) mass is 369 g/mol. The zero-order valence-corrected chi connectivity index (χ0v) is 15.9. The standard InChI is InChI=1S/C23H28FNO2/c1-27-23(12-18-5-3-2-4-6-18)13-19-15-25(16-20(19)14-23)10-9-17-7-8-22(26)21(24)11-17/h2-8,11,19-20,26H,9-10,12-16H2,1H3/t19-,20?,23-/m1/s1. The van der Waals surface area contributed by atoms with Crippen molar-refractivity contribution in [1.29, 1.82) is 0 Å².